The van der Waals surface area contributed by atoms with Crippen molar-refractivity contribution in [2.75, 3.05) is 0 Å². The van der Waals surface area contributed by atoms with Crippen molar-refractivity contribution >= 4 is 11.1 Å². The van der Waals surface area contributed by atoms with E-state index in [2.05, 4.69) is 11.1 Å². The van der Waals surface area contributed by atoms with Gasteiger partial charge in [-0.2, -0.15) is 8.78 Å². The molecule has 1 heterocycles. The van der Waals surface area contributed by atoms with Crippen LogP contribution >= 0.6 is 0 Å². The van der Waals surface area contributed by atoms with E-state index in [1.807, 2.05) is 0 Å². The minimum Gasteiger partial charge on any atom is -0.435 e. The third-order valence-electron chi connectivity index (χ3n) is 2.82. The first kappa shape index (κ1) is 11.8. The lowest BCUT2D eigenvalue weighted by molar-refractivity contribution is -0.0293. The number of hydrogen-bond acceptors (Lipinski definition) is 2. The van der Waals surface area contributed by atoms with Gasteiger partial charge in [0.2, 0.25) is 0 Å². The Balaban J connectivity index is 1.95. The number of para-hydroxylation sites is 2. The van der Waals surface area contributed by atoms with Crippen molar-refractivity contribution in [2.24, 2.45) is 0 Å². The highest BCUT2D eigenvalue weighted by atomic mass is 19.3. The largest absolute Gasteiger partial charge is 0.435 e. The highest BCUT2D eigenvalue weighted by Gasteiger charge is 2.37. The van der Waals surface area contributed by atoms with E-state index in [1.165, 1.54) is 0 Å². The number of benzene rings is 2. The smallest absolute Gasteiger partial charge is 0.326 e. The van der Waals surface area contributed by atoms with Gasteiger partial charge >= 0.3 is 5.92 Å². The lowest BCUT2D eigenvalue weighted by atomic mass is 10.1. The summed E-state index contributed by atoms with van der Waals surface area (Å²) in [7, 11) is 0. The maximum absolute atomic E-state index is 14.1. The molecule has 0 atom stereocenters. The molecular formula is C15H10F2NO. The predicted octanol–water partition coefficient (Wildman–Crippen LogP) is 3.96. The van der Waals surface area contributed by atoms with Crippen LogP contribution in [-0.2, 0) is 12.3 Å². The molecule has 0 fully saturated rings. The fraction of sp³-hybridized carbons (Fsp3) is 0.133. The van der Waals surface area contributed by atoms with E-state index in [1.54, 1.807) is 48.5 Å². The predicted molar refractivity (Wildman–Crippen MR) is 66.9 cm³/mol. The maximum atomic E-state index is 14.1. The third kappa shape index (κ3) is 2.34. The monoisotopic (exact) mass is 258 g/mol. The SMILES string of the molecule is FC(F)(Cc1cc[c]cc1)c1nc2ccccc2o1. The number of oxazole rings is 1. The van der Waals surface area contributed by atoms with E-state index in [-0.39, 0.29) is 0 Å². The highest BCUT2D eigenvalue weighted by molar-refractivity contribution is 5.72. The van der Waals surface area contributed by atoms with Crippen LogP contribution in [0.4, 0.5) is 8.78 Å². The lowest BCUT2D eigenvalue weighted by Crippen LogP contribution is -2.17. The van der Waals surface area contributed by atoms with Gasteiger partial charge < -0.3 is 4.42 Å². The fourth-order valence-electron chi connectivity index (χ4n) is 1.90. The van der Waals surface area contributed by atoms with Crippen LogP contribution in [0.1, 0.15) is 11.5 Å². The number of nitrogens with zero attached hydrogens (tertiary/aromatic N) is 1. The van der Waals surface area contributed by atoms with Gasteiger partial charge in [-0.3, -0.25) is 0 Å². The molecule has 0 aliphatic carbocycles. The van der Waals surface area contributed by atoms with Crippen molar-refractivity contribution in [2.45, 2.75) is 12.3 Å². The fourth-order valence-corrected chi connectivity index (χ4v) is 1.90. The standard InChI is InChI=1S/C15H10F2NO/c16-15(17,10-11-6-2-1-3-7-11)14-18-12-8-4-5-9-13(12)19-14/h2-9H,10H2. The van der Waals surface area contributed by atoms with Crippen LogP contribution in [0.25, 0.3) is 11.1 Å². The second-order valence-corrected chi connectivity index (χ2v) is 4.28. The summed E-state index contributed by atoms with van der Waals surface area (Å²) < 4.78 is 33.4. The average molecular weight is 258 g/mol. The van der Waals surface area contributed by atoms with Crippen LogP contribution in [0.5, 0.6) is 0 Å². The Morgan fingerprint density at radius 2 is 1.84 bits per heavy atom. The summed E-state index contributed by atoms with van der Waals surface area (Å²) >= 11 is 0. The van der Waals surface area contributed by atoms with E-state index in [0.717, 1.165) is 0 Å². The van der Waals surface area contributed by atoms with Crippen LogP contribution in [-0.4, -0.2) is 4.98 Å². The molecular weight excluding hydrogens is 248 g/mol. The van der Waals surface area contributed by atoms with Crippen molar-refractivity contribution in [3.05, 3.63) is 66.1 Å². The van der Waals surface area contributed by atoms with Gasteiger partial charge in [0.25, 0.3) is 5.89 Å². The molecule has 2 nitrogen and oxygen atoms in total. The summed E-state index contributed by atoms with van der Waals surface area (Å²) in [6, 6.07) is 16.0. The summed E-state index contributed by atoms with van der Waals surface area (Å²) in [4.78, 5) is 3.86. The van der Waals surface area contributed by atoms with Gasteiger partial charge in [-0.15, -0.1) is 0 Å². The van der Waals surface area contributed by atoms with E-state index in [0.29, 0.717) is 16.7 Å². The molecule has 3 aromatic rings. The molecule has 0 aliphatic rings. The number of halogens is 2. The minimum atomic E-state index is -3.12. The molecule has 0 N–H and O–H groups in total. The molecule has 1 aromatic heterocycles. The molecule has 2 aromatic carbocycles. The van der Waals surface area contributed by atoms with Gasteiger partial charge in [-0.25, -0.2) is 4.98 Å². The van der Waals surface area contributed by atoms with Gasteiger partial charge in [0.15, 0.2) is 5.58 Å². The van der Waals surface area contributed by atoms with Crippen molar-refractivity contribution in [3.8, 4) is 0 Å². The molecule has 0 bridgehead atoms. The Kier molecular flexibility index (Phi) is 2.78. The summed E-state index contributed by atoms with van der Waals surface area (Å²) in [6.07, 6.45) is -0.436. The number of hydrogen-bond donors (Lipinski definition) is 0. The normalized spacial score (nSPS) is 11.9. The van der Waals surface area contributed by atoms with Gasteiger partial charge in [0, 0.05) is 6.42 Å². The minimum absolute atomic E-state index is 0.374. The first-order chi connectivity index (χ1) is 9.15. The van der Waals surface area contributed by atoms with Gasteiger partial charge in [0.05, 0.1) is 0 Å². The van der Waals surface area contributed by atoms with Crippen molar-refractivity contribution in [1.29, 1.82) is 0 Å². The first-order valence-electron chi connectivity index (χ1n) is 5.84. The van der Waals surface area contributed by atoms with Crippen LogP contribution in [0.2, 0.25) is 0 Å². The third-order valence-corrected chi connectivity index (χ3v) is 2.82. The van der Waals surface area contributed by atoms with Crippen LogP contribution in [0.3, 0.4) is 0 Å². The molecule has 0 amide bonds. The molecule has 0 aliphatic heterocycles. The van der Waals surface area contributed by atoms with Crippen LogP contribution in [0, 0.1) is 6.07 Å². The van der Waals surface area contributed by atoms with Crippen molar-refractivity contribution in [1.82, 2.24) is 4.98 Å². The number of alkyl halides is 2. The topological polar surface area (TPSA) is 26.0 Å². The number of rotatable bonds is 3. The van der Waals surface area contributed by atoms with Gasteiger partial charge in [-0.1, -0.05) is 36.4 Å². The number of fused-ring (bicyclic) bond motifs is 1. The Morgan fingerprint density at radius 1 is 1.11 bits per heavy atom. The zero-order chi connectivity index (χ0) is 13.3. The zero-order valence-electron chi connectivity index (χ0n) is 9.94. The first-order valence-corrected chi connectivity index (χ1v) is 5.84. The van der Waals surface area contributed by atoms with E-state index >= 15 is 0 Å². The molecule has 3 rings (SSSR count). The molecule has 0 unspecified atom stereocenters. The highest BCUT2D eigenvalue weighted by Crippen LogP contribution is 2.33. The quantitative estimate of drug-likeness (QED) is 0.710. The Bertz CT molecular complexity index is 658. The van der Waals surface area contributed by atoms with Gasteiger partial charge in [0.1, 0.15) is 5.52 Å². The van der Waals surface area contributed by atoms with Gasteiger partial charge in [-0.05, 0) is 23.8 Å². The Morgan fingerprint density at radius 3 is 2.58 bits per heavy atom. The van der Waals surface area contributed by atoms with Crippen molar-refractivity contribution < 1.29 is 13.2 Å². The molecule has 4 heteroatoms. The molecule has 0 saturated carbocycles. The van der Waals surface area contributed by atoms with Crippen LogP contribution in [0.15, 0.2) is 52.9 Å². The second kappa shape index (κ2) is 4.46. The summed E-state index contributed by atoms with van der Waals surface area (Å²) in [5, 5.41) is 0. The molecule has 0 saturated heterocycles. The molecule has 1 radical (unpaired) electrons. The maximum Gasteiger partial charge on any atom is 0.326 e. The average Bonchev–Trinajstić information content (AvgIpc) is 2.84. The zero-order valence-corrected chi connectivity index (χ0v) is 9.94. The second-order valence-electron chi connectivity index (χ2n) is 4.28. The Hall–Kier alpha value is -2.23. The molecule has 95 valence electrons. The van der Waals surface area contributed by atoms with E-state index in [4.69, 9.17) is 4.42 Å². The summed E-state index contributed by atoms with van der Waals surface area (Å²) in [6.45, 7) is 0. The summed E-state index contributed by atoms with van der Waals surface area (Å²) in [5.74, 6) is -3.66. The molecule has 0 spiro atoms. The Labute approximate surface area is 108 Å². The number of aromatic nitrogens is 1. The lowest BCUT2D eigenvalue weighted by Gasteiger charge is -2.11. The van der Waals surface area contributed by atoms with Crippen LogP contribution < -0.4 is 0 Å². The summed E-state index contributed by atoms with van der Waals surface area (Å²) in [5.41, 5.74) is 1.34. The molecule has 19 heavy (non-hydrogen) atoms. The van der Waals surface area contributed by atoms with E-state index in [9.17, 15) is 8.78 Å². The van der Waals surface area contributed by atoms with E-state index < -0.39 is 18.2 Å². The van der Waals surface area contributed by atoms with Crippen molar-refractivity contribution in [3.63, 3.8) is 0 Å².